The molecule has 0 bridgehead atoms. The molecule has 6 heteroatoms. The number of carbonyl (C=O) groups excluding carboxylic acids is 1. The minimum Gasteiger partial charge on any atom is -0.425 e. The first-order chi connectivity index (χ1) is 12.0. The third kappa shape index (κ3) is 2.44. The van der Waals surface area contributed by atoms with Gasteiger partial charge in [-0.25, -0.2) is 0 Å². The van der Waals surface area contributed by atoms with Gasteiger partial charge in [0.25, 0.3) is 5.56 Å². The van der Waals surface area contributed by atoms with Crippen LogP contribution < -0.4 is 10.3 Å². The molecule has 4 nitrogen and oxygen atoms in total. The Labute approximate surface area is 153 Å². The first kappa shape index (κ1) is 16.2. The normalized spacial score (nSPS) is 16.6. The summed E-state index contributed by atoms with van der Waals surface area (Å²) < 4.78 is 7.04. The molecule has 0 unspecified atom stereocenters. The molecule has 0 amide bonds. The Kier molecular flexibility index (Phi) is 3.82. The van der Waals surface area contributed by atoms with Crippen molar-refractivity contribution >= 4 is 40.1 Å². The van der Waals surface area contributed by atoms with E-state index in [9.17, 15) is 9.59 Å². The van der Waals surface area contributed by atoms with Gasteiger partial charge in [-0.15, -0.1) is 0 Å². The van der Waals surface area contributed by atoms with E-state index in [0.29, 0.717) is 32.4 Å². The van der Waals surface area contributed by atoms with Crippen molar-refractivity contribution < 1.29 is 9.53 Å². The molecule has 0 saturated heterocycles. The molecule has 0 spiro atoms. The molecular formula is C19H13Cl2NO3. The zero-order chi connectivity index (χ0) is 17.7. The molecule has 1 aromatic heterocycles. The lowest BCUT2D eigenvalue weighted by Gasteiger charge is -2.27. The molecule has 25 heavy (non-hydrogen) atoms. The van der Waals surface area contributed by atoms with Crippen molar-refractivity contribution in [2.24, 2.45) is 7.05 Å². The Bertz CT molecular complexity index is 1090. The average Bonchev–Trinajstić information content (AvgIpc) is 2.61. The number of fused-ring (bicyclic) bond motifs is 3. The Morgan fingerprint density at radius 3 is 2.64 bits per heavy atom. The summed E-state index contributed by atoms with van der Waals surface area (Å²) in [5.41, 5.74) is 1.59. The lowest BCUT2D eigenvalue weighted by atomic mass is 9.86. The van der Waals surface area contributed by atoms with E-state index in [1.807, 2.05) is 24.3 Å². The number of hydrogen-bond acceptors (Lipinski definition) is 3. The number of ether oxygens (including phenoxy) is 1. The van der Waals surface area contributed by atoms with E-state index in [1.165, 1.54) is 0 Å². The Morgan fingerprint density at radius 1 is 1.08 bits per heavy atom. The minimum absolute atomic E-state index is 0.0423. The van der Waals surface area contributed by atoms with Crippen LogP contribution in [0.15, 0.2) is 47.3 Å². The maximum atomic E-state index is 13.0. The van der Waals surface area contributed by atoms with Gasteiger partial charge in [0.1, 0.15) is 5.75 Å². The third-order valence-corrected chi connectivity index (χ3v) is 5.42. The summed E-state index contributed by atoms with van der Waals surface area (Å²) >= 11 is 12.5. The van der Waals surface area contributed by atoms with Crippen LogP contribution in [-0.2, 0) is 11.8 Å². The molecular weight excluding hydrogens is 361 g/mol. The number of aryl methyl sites for hydroxylation is 1. The van der Waals surface area contributed by atoms with Crippen molar-refractivity contribution in [1.29, 1.82) is 0 Å². The predicted octanol–water partition coefficient (Wildman–Crippen LogP) is 4.29. The van der Waals surface area contributed by atoms with Gasteiger partial charge in [-0.05, 0) is 23.8 Å². The second-order valence-electron chi connectivity index (χ2n) is 6.00. The van der Waals surface area contributed by atoms with E-state index in [2.05, 4.69) is 0 Å². The summed E-state index contributed by atoms with van der Waals surface area (Å²) in [6.45, 7) is 0. The number of hydrogen-bond donors (Lipinski definition) is 0. The second-order valence-corrected chi connectivity index (χ2v) is 6.78. The molecule has 0 fully saturated rings. The summed E-state index contributed by atoms with van der Waals surface area (Å²) in [7, 11) is 1.71. The molecule has 126 valence electrons. The van der Waals surface area contributed by atoms with Gasteiger partial charge in [-0.2, -0.15) is 0 Å². The molecule has 1 aliphatic rings. The molecule has 0 saturated carbocycles. The number of carbonyl (C=O) groups is 1. The van der Waals surface area contributed by atoms with Crippen LogP contribution in [0.2, 0.25) is 10.0 Å². The molecule has 0 radical (unpaired) electrons. The van der Waals surface area contributed by atoms with Crippen LogP contribution in [0.3, 0.4) is 0 Å². The van der Waals surface area contributed by atoms with Crippen molar-refractivity contribution in [3.05, 3.63) is 74.0 Å². The number of pyridine rings is 1. The fourth-order valence-electron chi connectivity index (χ4n) is 3.39. The smallest absolute Gasteiger partial charge is 0.312 e. The zero-order valence-corrected chi connectivity index (χ0v) is 14.8. The number of aromatic nitrogens is 1. The van der Waals surface area contributed by atoms with Crippen LogP contribution in [0.4, 0.5) is 0 Å². The van der Waals surface area contributed by atoms with Gasteiger partial charge in [0.2, 0.25) is 0 Å². The monoisotopic (exact) mass is 373 g/mol. The summed E-state index contributed by atoms with van der Waals surface area (Å²) in [6.07, 6.45) is 0.0423. The number of benzene rings is 2. The lowest BCUT2D eigenvalue weighted by Crippen LogP contribution is -2.31. The summed E-state index contributed by atoms with van der Waals surface area (Å²) in [4.78, 5) is 25.2. The van der Waals surface area contributed by atoms with Crippen molar-refractivity contribution in [1.82, 2.24) is 4.57 Å². The summed E-state index contributed by atoms with van der Waals surface area (Å²) in [6, 6.07) is 12.6. The van der Waals surface area contributed by atoms with Crippen LogP contribution in [-0.4, -0.2) is 10.5 Å². The first-order valence-electron chi connectivity index (χ1n) is 7.75. The Hall–Kier alpha value is -2.30. The van der Waals surface area contributed by atoms with Crippen LogP contribution in [0, 0.1) is 0 Å². The lowest BCUT2D eigenvalue weighted by molar-refractivity contribution is -0.135. The average molecular weight is 374 g/mol. The second kappa shape index (κ2) is 5.90. The number of para-hydroxylation sites is 1. The summed E-state index contributed by atoms with van der Waals surface area (Å²) in [5, 5.41) is 1.46. The quantitative estimate of drug-likeness (QED) is 0.597. The standard InChI is InChI=1S/C19H13Cl2NO3/c1-22-14-8-3-2-5-11(14)18-16(19(22)24)12(9-15(23)25-18)10-6-4-7-13(20)17(10)21/h2-8,12H,9H2,1H3/t12-/m1/s1. The van der Waals surface area contributed by atoms with Crippen molar-refractivity contribution in [3.63, 3.8) is 0 Å². The van der Waals surface area contributed by atoms with Crippen LogP contribution >= 0.6 is 23.2 Å². The van der Waals surface area contributed by atoms with Gasteiger partial charge < -0.3 is 9.30 Å². The molecule has 4 rings (SSSR count). The predicted molar refractivity (Wildman–Crippen MR) is 97.7 cm³/mol. The van der Waals surface area contributed by atoms with E-state index in [0.717, 1.165) is 5.39 Å². The first-order valence-corrected chi connectivity index (χ1v) is 8.51. The van der Waals surface area contributed by atoms with Crippen LogP contribution in [0.25, 0.3) is 10.9 Å². The van der Waals surface area contributed by atoms with Gasteiger partial charge in [-0.3, -0.25) is 9.59 Å². The fourth-order valence-corrected chi connectivity index (χ4v) is 3.83. The molecule has 2 aromatic carbocycles. The van der Waals surface area contributed by atoms with Gasteiger partial charge in [0.15, 0.2) is 0 Å². The van der Waals surface area contributed by atoms with Gasteiger partial charge >= 0.3 is 5.97 Å². The molecule has 1 aliphatic heterocycles. The highest BCUT2D eigenvalue weighted by molar-refractivity contribution is 6.42. The zero-order valence-electron chi connectivity index (χ0n) is 13.3. The SMILES string of the molecule is Cn1c(=O)c2c(c3ccccc31)OC(=O)C[C@@H]2c1cccc(Cl)c1Cl. The fraction of sp³-hybridized carbons (Fsp3) is 0.158. The maximum absolute atomic E-state index is 13.0. The van der Waals surface area contributed by atoms with E-state index >= 15 is 0 Å². The third-order valence-electron chi connectivity index (χ3n) is 4.58. The van der Waals surface area contributed by atoms with Gasteiger partial charge in [0, 0.05) is 18.4 Å². The summed E-state index contributed by atoms with van der Waals surface area (Å²) in [5.74, 6) is -0.575. The molecule has 3 aromatic rings. The van der Waals surface area contributed by atoms with E-state index in [1.54, 1.807) is 29.8 Å². The maximum Gasteiger partial charge on any atom is 0.312 e. The molecule has 2 heterocycles. The number of halogens is 2. The van der Waals surface area contributed by atoms with Crippen LogP contribution in [0.5, 0.6) is 5.75 Å². The van der Waals surface area contributed by atoms with Crippen molar-refractivity contribution in [2.75, 3.05) is 0 Å². The highest BCUT2D eigenvalue weighted by Gasteiger charge is 2.34. The Morgan fingerprint density at radius 2 is 1.84 bits per heavy atom. The highest BCUT2D eigenvalue weighted by atomic mass is 35.5. The largest absolute Gasteiger partial charge is 0.425 e. The number of esters is 1. The van der Waals surface area contributed by atoms with E-state index in [4.69, 9.17) is 27.9 Å². The molecule has 0 N–H and O–H groups in total. The van der Waals surface area contributed by atoms with E-state index < -0.39 is 11.9 Å². The Balaban J connectivity index is 2.09. The highest BCUT2D eigenvalue weighted by Crippen LogP contribution is 2.43. The van der Waals surface area contributed by atoms with Crippen LogP contribution in [0.1, 0.15) is 23.5 Å². The van der Waals surface area contributed by atoms with Gasteiger partial charge in [-0.1, -0.05) is 47.5 Å². The minimum atomic E-state index is -0.495. The van der Waals surface area contributed by atoms with E-state index in [-0.39, 0.29) is 12.0 Å². The topological polar surface area (TPSA) is 48.3 Å². The molecule has 1 atom stereocenters. The van der Waals surface area contributed by atoms with Crippen molar-refractivity contribution in [3.8, 4) is 5.75 Å². The van der Waals surface area contributed by atoms with Gasteiger partial charge in [0.05, 0.1) is 27.5 Å². The number of rotatable bonds is 1. The molecule has 0 aliphatic carbocycles. The van der Waals surface area contributed by atoms with Crippen molar-refractivity contribution in [2.45, 2.75) is 12.3 Å². The number of nitrogens with zero attached hydrogens (tertiary/aromatic N) is 1.